The number of hydrogen-bond donors (Lipinski definition) is 3. The molecule has 0 spiro atoms. The first kappa shape index (κ1) is 12.4. The van der Waals surface area contributed by atoms with Gasteiger partial charge in [0.15, 0.2) is 0 Å². The molecule has 2 heterocycles. The van der Waals surface area contributed by atoms with Gasteiger partial charge >= 0.3 is 5.69 Å². The minimum absolute atomic E-state index is 0.0599. The van der Waals surface area contributed by atoms with Gasteiger partial charge in [0.25, 0.3) is 5.56 Å². The Morgan fingerprint density at radius 2 is 2.24 bits per heavy atom. The van der Waals surface area contributed by atoms with Gasteiger partial charge in [-0.15, -0.1) is 0 Å². The van der Waals surface area contributed by atoms with E-state index >= 15 is 0 Å². The normalized spacial score (nSPS) is 13.1. The van der Waals surface area contributed by atoms with Crippen LogP contribution in [0.1, 0.15) is 6.42 Å². The number of aromatic nitrogens is 2. The molecule has 1 unspecified atom stereocenters. The van der Waals surface area contributed by atoms with Crippen molar-refractivity contribution >= 4 is 36.4 Å². The summed E-state index contributed by atoms with van der Waals surface area (Å²) in [5, 5.41) is 0.441. The molecule has 0 saturated heterocycles. The summed E-state index contributed by atoms with van der Waals surface area (Å²) in [6.45, 7) is 0.323. The van der Waals surface area contributed by atoms with Crippen molar-refractivity contribution in [3.8, 4) is 0 Å². The Kier molecular flexibility index (Phi) is 3.68. The molecule has 2 rings (SSSR count). The van der Waals surface area contributed by atoms with Crippen LogP contribution >= 0.6 is 25.3 Å². The Hall–Kier alpha value is -1.08. The fraction of sp³-hybridized carbons (Fsp3) is 0.400. The number of fused-ring (bicyclic) bond motifs is 1. The summed E-state index contributed by atoms with van der Waals surface area (Å²) < 4.78 is 6.14. The third kappa shape index (κ3) is 2.44. The molecule has 0 aliphatic heterocycles. The van der Waals surface area contributed by atoms with Gasteiger partial charge in [-0.1, -0.05) is 0 Å². The molecular weight excluding hydrogens is 260 g/mol. The number of furan rings is 1. The van der Waals surface area contributed by atoms with Crippen LogP contribution in [0.3, 0.4) is 0 Å². The van der Waals surface area contributed by atoms with E-state index in [1.165, 1.54) is 6.26 Å². The van der Waals surface area contributed by atoms with Crippen molar-refractivity contribution in [3.05, 3.63) is 33.2 Å². The van der Waals surface area contributed by atoms with E-state index in [2.05, 4.69) is 30.2 Å². The first-order chi connectivity index (χ1) is 8.13. The standard InChI is InChI=1S/C10H12N2O3S2/c13-9-7-2-4-15-8(7)11-10(14)12(9)3-1-6(17)5-16/h2,4,6,16-17H,1,3,5H2,(H,11,14). The second-order valence-electron chi connectivity index (χ2n) is 3.68. The van der Waals surface area contributed by atoms with E-state index in [-0.39, 0.29) is 16.5 Å². The summed E-state index contributed by atoms with van der Waals surface area (Å²) in [6.07, 6.45) is 1.99. The fourth-order valence-electron chi connectivity index (χ4n) is 1.55. The van der Waals surface area contributed by atoms with Crippen molar-refractivity contribution < 1.29 is 4.42 Å². The van der Waals surface area contributed by atoms with Crippen molar-refractivity contribution in [1.82, 2.24) is 9.55 Å². The summed E-state index contributed by atoms with van der Waals surface area (Å²) in [6, 6.07) is 1.54. The summed E-state index contributed by atoms with van der Waals surface area (Å²) in [5.74, 6) is 0.601. The van der Waals surface area contributed by atoms with Gasteiger partial charge < -0.3 is 4.42 Å². The fourth-order valence-corrected chi connectivity index (χ4v) is 1.85. The number of H-pyrrole nitrogens is 1. The third-order valence-corrected chi connectivity index (χ3v) is 3.67. The Morgan fingerprint density at radius 3 is 2.94 bits per heavy atom. The highest BCUT2D eigenvalue weighted by Crippen LogP contribution is 2.06. The molecule has 0 amide bonds. The summed E-state index contributed by atoms with van der Waals surface area (Å²) in [5.41, 5.74) is -0.581. The van der Waals surface area contributed by atoms with Gasteiger partial charge in [0.05, 0.1) is 6.26 Å². The Morgan fingerprint density at radius 1 is 1.47 bits per heavy atom. The average molecular weight is 272 g/mol. The highest BCUT2D eigenvalue weighted by molar-refractivity contribution is 7.84. The van der Waals surface area contributed by atoms with Crippen LogP contribution in [0.15, 0.2) is 26.3 Å². The minimum atomic E-state index is -0.461. The molecule has 0 saturated carbocycles. The highest BCUT2D eigenvalue weighted by atomic mass is 32.1. The molecule has 0 aliphatic rings. The van der Waals surface area contributed by atoms with Crippen LogP contribution in [-0.2, 0) is 6.54 Å². The lowest BCUT2D eigenvalue weighted by atomic mass is 10.3. The monoisotopic (exact) mass is 272 g/mol. The van der Waals surface area contributed by atoms with Crippen molar-refractivity contribution in [3.63, 3.8) is 0 Å². The predicted molar refractivity (Wildman–Crippen MR) is 72.3 cm³/mol. The molecule has 17 heavy (non-hydrogen) atoms. The maximum Gasteiger partial charge on any atom is 0.331 e. The molecule has 0 aliphatic carbocycles. The van der Waals surface area contributed by atoms with Gasteiger partial charge in [-0.05, 0) is 12.5 Å². The van der Waals surface area contributed by atoms with Gasteiger partial charge in [0.2, 0.25) is 5.71 Å². The van der Waals surface area contributed by atoms with Gasteiger partial charge in [0, 0.05) is 17.5 Å². The van der Waals surface area contributed by atoms with E-state index < -0.39 is 5.69 Å². The molecule has 0 aromatic carbocycles. The van der Waals surface area contributed by atoms with Crippen molar-refractivity contribution in [2.24, 2.45) is 0 Å². The quantitative estimate of drug-likeness (QED) is 0.724. The topological polar surface area (TPSA) is 68.0 Å². The summed E-state index contributed by atoms with van der Waals surface area (Å²) >= 11 is 8.37. The van der Waals surface area contributed by atoms with Crippen LogP contribution in [0.4, 0.5) is 0 Å². The van der Waals surface area contributed by atoms with E-state index in [0.717, 1.165) is 4.57 Å². The summed E-state index contributed by atoms with van der Waals surface area (Å²) in [4.78, 5) is 26.1. The number of thiol groups is 2. The first-order valence-electron chi connectivity index (χ1n) is 5.12. The molecule has 7 heteroatoms. The average Bonchev–Trinajstić information content (AvgIpc) is 2.76. The maximum atomic E-state index is 12.0. The number of rotatable bonds is 4. The number of nitrogens with zero attached hydrogens (tertiary/aromatic N) is 1. The second kappa shape index (κ2) is 5.05. The van der Waals surface area contributed by atoms with Crippen molar-refractivity contribution in [2.75, 3.05) is 5.75 Å². The molecule has 0 radical (unpaired) electrons. The zero-order valence-corrected chi connectivity index (χ0v) is 10.7. The van der Waals surface area contributed by atoms with Gasteiger partial charge in [-0.25, -0.2) is 4.79 Å². The van der Waals surface area contributed by atoms with Crippen LogP contribution in [0.2, 0.25) is 0 Å². The Labute approximate surface area is 108 Å². The molecular formula is C10H12N2O3S2. The molecule has 92 valence electrons. The van der Waals surface area contributed by atoms with E-state index in [1.54, 1.807) is 6.07 Å². The zero-order valence-electron chi connectivity index (χ0n) is 8.92. The number of nitrogens with one attached hydrogen (secondary N) is 1. The largest absolute Gasteiger partial charge is 0.448 e. The van der Waals surface area contributed by atoms with Crippen LogP contribution in [0, 0.1) is 0 Å². The second-order valence-corrected chi connectivity index (χ2v) is 4.77. The Bertz CT molecular complexity index is 628. The number of aromatic amines is 1. The molecule has 5 nitrogen and oxygen atoms in total. The highest BCUT2D eigenvalue weighted by Gasteiger charge is 2.10. The molecule has 0 fully saturated rings. The van der Waals surface area contributed by atoms with Crippen LogP contribution in [0.25, 0.3) is 11.1 Å². The van der Waals surface area contributed by atoms with E-state index in [9.17, 15) is 9.59 Å². The predicted octanol–water partition coefficient (Wildman–Crippen LogP) is 0.901. The first-order valence-corrected chi connectivity index (χ1v) is 6.27. The maximum absolute atomic E-state index is 12.0. The van der Waals surface area contributed by atoms with Crippen molar-refractivity contribution in [1.29, 1.82) is 0 Å². The van der Waals surface area contributed by atoms with E-state index in [4.69, 9.17) is 4.42 Å². The molecule has 0 bridgehead atoms. The number of hydrogen-bond acceptors (Lipinski definition) is 5. The smallest absolute Gasteiger partial charge is 0.331 e. The van der Waals surface area contributed by atoms with Gasteiger partial charge in [-0.2, -0.15) is 25.3 Å². The lowest BCUT2D eigenvalue weighted by Gasteiger charge is -2.08. The SMILES string of the molecule is O=c1[nH]c2occc2c(=O)n1CCC(S)CS. The lowest BCUT2D eigenvalue weighted by molar-refractivity contribution is 0.572. The third-order valence-electron chi connectivity index (χ3n) is 2.50. The van der Waals surface area contributed by atoms with E-state index in [0.29, 0.717) is 24.1 Å². The Balaban J connectivity index is 2.40. The van der Waals surface area contributed by atoms with E-state index in [1.807, 2.05) is 0 Å². The minimum Gasteiger partial charge on any atom is -0.448 e. The van der Waals surface area contributed by atoms with Gasteiger partial charge in [0.1, 0.15) is 5.39 Å². The van der Waals surface area contributed by atoms with Crippen molar-refractivity contribution in [2.45, 2.75) is 18.2 Å². The van der Waals surface area contributed by atoms with Crippen LogP contribution < -0.4 is 11.2 Å². The molecule has 2 aromatic rings. The molecule has 1 atom stereocenters. The summed E-state index contributed by atoms with van der Waals surface area (Å²) in [7, 11) is 0. The van der Waals surface area contributed by atoms with Crippen LogP contribution in [-0.4, -0.2) is 20.6 Å². The lowest BCUT2D eigenvalue weighted by Crippen LogP contribution is -2.35. The molecule has 1 N–H and O–H groups in total. The zero-order chi connectivity index (χ0) is 12.4. The van der Waals surface area contributed by atoms with Gasteiger partial charge in [-0.3, -0.25) is 14.3 Å². The molecule has 2 aromatic heterocycles. The van der Waals surface area contributed by atoms with Crippen LogP contribution in [0.5, 0.6) is 0 Å².